The Labute approximate surface area is 179 Å². The van der Waals surface area contributed by atoms with E-state index < -0.39 is 17.8 Å². The van der Waals surface area contributed by atoms with Gasteiger partial charge in [-0.1, -0.05) is 12.1 Å². The Bertz CT molecular complexity index is 1020. The van der Waals surface area contributed by atoms with Crippen LogP contribution in [-0.2, 0) is 9.53 Å². The third kappa shape index (κ3) is 4.49. The maximum absolute atomic E-state index is 13.1. The minimum Gasteiger partial charge on any atom is -0.463 e. The first kappa shape index (κ1) is 21.4. The van der Waals surface area contributed by atoms with Gasteiger partial charge in [0.05, 0.1) is 18.2 Å². The molecule has 0 saturated heterocycles. The van der Waals surface area contributed by atoms with Gasteiger partial charge in [0.15, 0.2) is 5.11 Å². The highest BCUT2D eigenvalue weighted by atomic mass is 32.1. The van der Waals surface area contributed by atoms with Crippen LogP contribution in [0.5, 0.6) is 0 Å². The van der Waals surface area contributed by atoms with Crippen molar-refractivity contribution < 1.29 is 18.7 Å². The van der Waals surface area contributed by atoms with Gasteiger partial charge in [-0.15, -0.1) is 0 Å². The lowest BCUT2D eigenvalue weighted by molar-refractivity contribution is -0.139. The molecular weight excluding hydrogens is 405 g/mol. The second-order valence-electron chi connectivity index (χ2n) is 6.75. The molecule has 8 heteroatoms. The molecule has 0 fully saturated rings. The Kier molecular flexibility index (Phi) is 6.47. The molecule has 0 spiro atoms. The molecule has 1 atom stereocenters. The number of esters is 1. The normalized spacial score (nSPS) is 16.2. The second-order valence-corrected chi connectivity index (χ2v) is 7.13. The van der Waals surface area contributed by atoms with Crippen LogP contribution in [0.15, 0.2) is 59.8 Å². The van der Waals surface area contributed by atoms with E-state index in [0.717, 1.165) is 5.56 Å². The highest BCUT2D eigenvalue weighted by molar-refractivity contribution is 7.80. The molecule has 0 bridgehead atoms. The molecule has 2 aromatic carbocycles. The Hall–Kier alpha value is -3.26. The van der Waals surface area contributed by atoms with E-state index in [2.05, 4.69) is 10.6 Å². The number of hydrogen-bond acceptors (Lipinski definition) is 4. The number of anilines is 1. The molecule has 30 heavy (non-hydrogen) atoms. The van der Waals surface area contributed by atoms with Crippen LogP contribution in [0.3, 0.4) is 0 Å². The molecule has 0 aromatic heterocycles. The molecule has 156 valence electrons. The number of benzene rings is 2. The third-order valence-corrected chi connectivity index (χ3v) is 5.23. The number of carbonyl (C=O) groups excluding carboxylic acids is 2. The molecule has 1 amide bonds. The molecular formula is C22H22FN3O3S. The van der Waals surface area contributed by atoms with Gasteiger partial charge >= 0.3 is 5.97 Å². The summed E-state index contributed by atoms with van der Waals surface area (Å²) in [7, 11) is 1.78. The van der Waals surface area contributed by atoms with Gasteiger partial charge in [-0.25, -0.2) is 9.18 Å². The predicted octanol–water partition coefficient (Wildman–Crippen LogP) is 3.78. The molecule has 0 radical (unpaired) electrons. The van der Waals surface area contributed by atoms with E-state index in [1.165, 1.54) is 24.3 Å². The molecule has 1 aliphatic heterocycles. The van der Waals surface area contributed by atoms with E-state index in [1.54, 1.807) is 37.1 Å². The summed E-state index contributed by atoms with van der Waals surface area (Å²) in [6, 6.07) is 11.9. The maximum atomic E-state index is 13.1. The number of nitrogens with one attached hydrogen (secondary N) is 2. The molecule has 0 aliphatic carbocycles. The van der Waals surface area contributed by atoms with Gasteiger partial charge in [0.25, 0.3) is 5.91 Å². The summed E-state index contributed by atoms with van der Waals surface area (Å²) in [4.78, 5) is 26.8. The summed E-state index contributed by atoms with van der Waals surface area (Å²) >= 11 is 5.39. The first-order valence-corrected chi connectivity index (χ1v) is 9.81. The summed E-state index contributed by atoms with van der Waals surface area (Å²) in [6.45, 7) is 3.82. The summed E-state index contributed by atoms with van der Waals surface area (Å²) in [6.07, 6.45) is 0. The maximum Gasteiger partial charge on any atom is 0.338 e. The second kappa shape index (κ2) is 9.04. The first-order chi connectivity index (χ1) is 14.3. The molecule has 3 rings (SSSR count). The van der Waals surface area contributed by atoms with Gasteiger partial charge in [0.2, 0.25) is 0 Å². The third-order valence-electron chi connectivity index (χ3n) is 4.83. The van der Waals surface area contributed by atoms with E-state index in [4.69, 9.17) is 17.0 Å². The van der Waals surface area contributed by atoms with Crippen molar-refractivity contribution in [2.24, 2.45) is 0 Å². The lowest BCUT2D eigenvalue weighted by atomic mass is 9.95. The van der Waals surface area contributed by atoms with Crippen LogP contribution in [0, 0.1) is 5.82 Å². The largest absolute Gasteiger partial charge is 0.463 e. The number of nitrogens with zero attached hydrogens (tertiary/aromatic N) is 1. The lowest BCUT2D eigenvalue weighted by Crippen LogP contribution is -2.46. The molecule has 0 unspecified atom stereocenters. The van der Waals surface area contributed by atoms with Crippen molar-refractivity contribution in [2.45, 2.75) is 19.9 Å². The molecule has 0 saturated carbocycles. The first-order valence-electron chi connectivity index (χ1n) is 9.40. The van der Waals surface area contributed by atoms with Crippen molar-refractivity contribution in [3.8, 4) is 0 Å². The van der Waals surface area contributed by atoms with Crippen LogP contribution in [-0.4, -0.2) is 35.5 Å². The highest BCUT2D eigenvalue weighted by Crippen LogP contribution is 2.32. The van der Waals surface area contributed by atoms with Crippen LogP contribution in [0.1, 0.15) is 35.8 Å². The van der Waals surface area contributed by atoms with Gasteiger partial charge in [-0.3, -0.25) is 4.79 Å². The SMILES string of the molecule is CCOC(=O)C1=C(C)N(C)C(=S)N[C@H]1c1cccc(NC(=O)c2ccc(F)cc2)c1. The lowest BCUT2D eigenvalue weighted by Gasteiger charge is -2.35. The number of carbonyl (C=O) groups is 2. The van der Waals surface area contributed by atoms with Crippen LogP contribution in [0.4, 0.5) is 10.1 Å². The monoisotopic (exact) mass is 427 g/mol. The topological polar surface area (TPSA) is 70.7 Å². The van der Waals surface area contributed by atoms with Crippen molar-refractivity contribution in [1.82, 2.24) is 10.2 Å². The van der Waals surface area contributed by atoms with Crippen molar-refractivity contribution in [1.29, 1.82) is 0 Å². The quantitative estimate of drug-likeness (QED) is 0.559. The number of hydrogen-bond donors (Lipinski definition) is 2. The number of rotatable bonds is 5. The molecule has 6 nitrogen and oxygen atoms in total. The number of thiocarbonyl (C=S) groups is 1. The van der Waals surface area contributed by atoms with E-state index in [-0.39, 0.29) is 12.5 Å². The molecule has 2 aromatic rings. The van der Waals surface area contributed by atoms with Gasteiger partial charge in [0, 0.05) is 24.0 Å². The standard InChI is InChI=1S/C22H22FN3O3S/c1-4-29-21(28)18-13(2)26(3)22(30)25-19(18)15-6-5-7-17(12-15)24-20(27)14-8-10-16(23)11-9-14/h5-12,19H,4H2,1-3H3,(H,24,27)(H,25,30)/t19-/m0/s1. The van der Waals surface area contributed by atoms with E-state index in [1.807, 2.05) is 13.0 Å². The van der Waals surface area contributed by atoms with Crippen molar-refractivity contribution in [3.05, 3.63) is 76.7 Å². The number of ether oxygens (including phenoxy) is 1. The zero-order chi connectivity index (χ0) is 21.8. The van der Waals surface area contributed by atoms with Gasteiger partial charge in [0.1, 0.15) is 5.82 Å². The minimum absolute atomic E-state index is 0.254. The Morgan fingerprint density at radius 2 is 1.93 bits per heavy atom. The van der Waals surface area contributed by atoms with Crippen molar-refractivity contribution in [3.63, 3.8) is 0 Å². The van der Waals surface area contributed by atoms with Crippen molar-refractivity contribution >= 4 is 34.9 Å². The number of halogens is 1. The molecule has 2 N–H and O–H groups in total. The molecule has 1 heterocycles. The highest BCUT2D eigenvalue weighted by Gasteiger charge is 2.33. The Balaban J connectivity index is 1.91. The fourth-order valence-electron chi connectivity index (χ4n) is 3.16. The van der Waals surface area contributed by atoms with E-state index in [9.17, 15) is 14.0 Å². The minimum atomic E-state index is -0.518. The Morgan fingerprint density at radius 1 is 1.23 bits per heavy atom. The summed E-state index contributed by atoms with van der Waals surface area (Å²) in [5.41, 5.74) is 2.76. The summed E-state index contributed by atoms with van der Waals surface area (Å²) in [5.74, 6) is -1.20. The van der Waals surface area contributed by atoms with Crippen LogP contribution < -0.4 is 10.6 Å². The summed E-state index contributed by atoms with van der Waals surface area (Å²) in [5, 5.41) is 6.44. The van der Waals surface area contributed by atoms with Gasteiger partial charge in [-0.2, -0.15) is 0 Å². The zero-order valence-corrected chi connectivity index (χ0v) is 17.7. The van der Waals surface area contributed by atoms with Crippen molar-refractivity contribution in [2.75, 3.05) is 19.0 Å². The Morgan fingerprint density at radius 3 is 2.60 bits per heavy atom. The average molecular weight is 428 g/mol. The van der Waals surface area contributed by atoms with Crippen LogP contribution >= 0.6 is 12.2 Å². The van der Waals surface area contributed by atoms with E-state index in [0.29, 0.717) is 27.6 Å². The smallest absolute Gasteiger partial charge is 0.338 e. The predicted molar refractivity (Wildman–Crippen MR) is 116 cm³/mol. The fourth-order valence-corrected chi connectivity index (χ4v) is 3.41. The van der Waals surface area contributed by atoms with Gasteiger partial charge in [-0.05, 0) is 68.0 Å². The number of allylic oxidation sites excluding steroid dienone is 1. The summed E-state index contributed by atoms with van der Waals surface area (Å²) < 4.78 is 18.3. The molecule has 1 aliphatic rings. The van der Waals surface area contributed by atoms with E-state index >= 15 is 0 Å². The average Bonchev–Trinajstić information content (AvgIpc) is 2.72. The van der Waals surface area contributed by atoms with Crippen LogP contribution in [0.25, 0.3) is 0 Å². The number of amides is 1. The fraction of sp³-hybridized carbons (Fsp3) is 0.227. The zero-order valence-electron chi connectivity index (χ0n) is 16.9. The van der Waals surface area contributed by atoms with Gasteiger partial charge < -0.3 is 20.3 Å². The van der Waals surface area contributed by atoms with Crippen LogP contribution in [0.2, 0.25) is 0 Å².